The summed E-state index contributed by atoms with van der Waals surface area (Å²) in [5, 5.41) is 15.9. The third-order valence-corrected chi connectivity index (χ3v) is 11.3. The van der Waals surface area contributed by atoms with E-state index in [2.05, 4.69) is 95.1 Å². The van der Waals surface area contributed by atoms with E-state index in [9.17, 15) is 9.90 Å². The van der Waals surface area contributed by atoms with Crippen molar-refractivity contribution >= 4 is 38.1 Å². The van der Waals surface area contributed by atoms with Crippen molar-refractivity contribution in [3.8, 4) is 22.8 Å². The van der Waals surface area contributed by atoms with Gasteiger partial charge in [-0.1, -0.05) is 136 Å². The number of hydrogen-bond donors (Lipinski definition) is 1. The molecule has 0 aliphatic carbocycles. The van der Waals surface area contributed by atoms with Crippen LogP contribution < -0.4 is 4.74 Å². The van der Waals surface area contributed by atoms with Crippen LogP contribution in [0, 0.1) is 27.7 Å². The molecule has 1 aliphatic heterocycles. The summed E-state index contributed by atoms with van der Waals surface area (Å²) in [7, 11) is 0. The topological polar surface area (TPSA) is 59.4 Å². The third-order valence-electron chi connectivity index (χ3n) is 11.3. The van der Waals surface area contributed by atoms with E-state index in [1.807, 2.05) is 47.6 Å². The number of aliphatic hydroxyl groups excluding tert-OH is 1. The van der Waals surface area contributed by atoms with Gasteiger partial charge in [-0.15, -0.1) is 17.5 Å². The van der Waals surface area contributed by atoms with Crippen molar-refractivity contribution < 1.29 is 37.5 Å². The summed E-state index contributed by atoms with van der Waals surface area (Å²) < 4.78 is 24.3. The number of allylic oxidation sites excluding steroid dienone is 2. The Bertz CT molecular complexity index is 2250. The molecule has 5 heteroatoms. The van der Waals surface area contributed by atoms with Crippen LogP contribution in [0.2, 0.25) is 0 Å². The van der Waals surface area contributed by atoms with Crippen LogP contribution in [0.1, 0.15) is 123 Å². The second-order valence-corrected chi connectivity index (χ2v) is 17.7. The summed E-state index contributed by atoms with van der Waals surface area (Å²) >= 11 is 0. The molecule has 0 unspecified atom stereocenters. The maximum Gasteiger partial charge on any atom is 0.164 e. The molecule has 1 N–H and O–H groups in total. The van der Waals surface area contributed by atoms with Crippen molar-refractivity contribution in [3.05, 3.63) is 89.8 Å². The predicted octanol–water partition coefficient (Wildman–Crippen LogP) is 13.9. The van der Waals surface area contributed by atoms with Crippen molar-refractivity contribution in [1.82, 2.24) is 4.98 Å². The van der Waals surface area contributed by atoms with E-state index in [4.69, 9.17) is 7.48 Å². The number of aromatic nitrogens is 1. The minimum Gasteiger partial charge on any atom is -0.512 e. The first-order chi connectivity index (χ1) is 25.2. The van der Waals surface area contributed by atoms with E-state index in [-0.39, 0.29) is 65.5 Å². The number of fused-ring (bicyclic) bond motifs is 5. The van der Waals surface area contributed by atoms with Gasteiger partial charge < -0.3 is 9.84 Å². The SMILES string of the molecule is CCC(C)(CC)C(=O)/C=C(\O)C(C)(CC)CC.[2H]c1nc2c3c(cc4c(CC(C)(C)C)cccc4c3c1[2H])Oc1c-2[c-]c2ccccc2c1CC(C)(C)C.[Ir]. The molecule has 2 heterocycles. The van der Waals surface area contributed by atoms with E-state index < -0.39 is 0 Å². The summed E-state index contributed by atoms with van der Waals surface area (Å²) in [4.78, 5) is 16.9. The summed E-state index contributed by atoms with van der Waals surface area (Å²) in [6.45, 7) is 25.5. The molecule has 0 spiro atoms. The zero-order valence-corrected chi connectivity index (χ0v) is 36.4. The molecule has 53 heavy (non-hydrogen) atoms. The molecule has 0 atom stereocenters. The molecule has 1 aromatic heterocycles. The first-order valence-corrected chi connectivity index (χ1v) is 19.2. The Morgan fingerprint density at radius 2 is 1.42 bits per heavy atom. The number of rotatable bonds is 9. The summed E-state index contributed by atoms with van der Waals surface area (Å²) in [6.07, 6.45) is 6.47. The third kappa shape index (κ3) is 8.73. The molecule has 0 saturated carbocycles. The van der Waals surface area contributed by atoms with Gasteiger partial charge in [0.25, 0.3) is 0 Å². The zero-order chi connectivity index (χ0) is 40.0. The Hall–Kier alpha value is -3.53. The van der Waals surface area contributed by atoms with E-state index >= 15 is 0 Å². The number of hydrogen-bond acceptors (Lipinski definition) is 4. The molecule has 0 saturated heterocycles. The van der Waals surface area contributed by atoms with Crippen LogP contribution in [0.5, 0.6) is 11.5 Å². The number of benzene rings is 4. The summed E-state index contributed by atoms with van der Waals surface area (Å²) in [5.74, 6) is 1.78. The van der Waals surface area contributed by atoms with Gasteiger partial charge in [0, 0.05) is 54.3 Å². The smallest absolute Gasteiger partial charge is 0.164 e. The number of nitrogens with zero attached hydrogens (tertiary/aromatic N) is 1. The van der Waals surface area contributed by atoms with E-state index in [0.717, 1.165) is 87.7 Å². The van der Waals surface area contributed by atoms with Crippen LogP contribution in [0.15, 0.2) is 72.6 Å². The second-order valence-electron chi connectivity index (χ2n) is 17.7. The Labute approximate surface area is 335 Å². The number of aliphatic hydroxyl groups is 1. The molecular formula is C48H60IrNO3-. The molecule has 4 aromatic carbocycles. The Morgan fingerprint density at radius 3 is 2.02 bits per heavy atom. The molecule has 4 nitrogen and oxygen atoms in total. The van der Waals surface area contributed by atoms with Crippen molar-refractivity contribution in [2.24, 2.45) is 21.7 Å². The molecule has 285 valence electrons. The van der Waals surface area contributed by atoms with Gasteiger partial charge in [-0.25, -0.2) is 0 Å². The van der Waals surface area contributed by atoms with Crippen LogP contribution in [-0.2, 0) is 37.7 Å². The van der Waals surface area contributed by atoms with Gasteiger partial charge in [-0.3, -0.25) is 9.78 Å². The van der Waals surface area contributed by atoms with Crippen molar-refractivity contribution in [2.45, 2.75) is 122 Å². The number of ether oxygens (including phenoxy) is 1. The monoisotopic (exact) mass is 893 g/mol. The first kappa shape index (κ1) is 39.2. The maximum absolute atomic E-state index is 12.2. The molecule has 5 aromatic rings. The largest absolute Gasteiger partial charge is 0.512 e. The summed E-state index contributed by atoms with van der Waals surface area (Å²) in [6, 6.07) is 20.4. The van der Waals surface area contributed by atoms with E-state index in [1.54, 1.807) is 0 Å². The standard InChI is InChI=1S/C33H32NO.C15H28O2.Ir/c1-32(2,3)18-21-11-9-13-23-24-14-15-34-30-26-16-20-10-7-8-12-22(20)27(19-33(4,5)6)31(26)35-28(29(24)30)17-25(21)23;1-7-14(5,8-2)12(16)11-13(17)15(6,9-3)10-4;/h7-15,17H,18-19H2,1-6H3;11,16H,7-10H2,1-6H3;/q-1;;/b;12-11-;/i14D,15D;;. The average molecular weight is 893 g/mol. The van der Waals surface area contributed by atoms with Gasteiger partial charge in [0.15, 0.2) is 5.78 Å². The average Bonchev–Trinajstić information content (AvgIpc) is 3.12. The quantitative estimate of drug-likeness (QED) is 0.0680. The number of carbonyl (C=O) groups is 1. The fourth-order valence-electron chi connectivity index (χ4n) is 7.11. The van der Waals surface area contributed by atoms with Crippen LogP contribution in [-0.4, -0.2) is 15.9 Å². The minimum absolute atomic E-state index is 0. The molecule has 1 aliphatic rings. The van der Waals surface area contributed by atoms with E-state index in [1.165, 1.54) is 11.6 Å². The van der Waals surface area contributed by atoms with Gasteiger partial charge in [0.1, 0.15) is 11.5 Å². The fraction of sp³-hybridized carbons (Fsp3) is 0.458. The Kier molecular flexibility index (Phi) is 11.9. The normalized spacial score (nSPS) is 13.8. The van der Waals surface area contributed by atoms with Crippen LogP contribution in [0.3, 0.4) is 0 Å². The first-order valence-electron chi connectivity index (χ1n) is 20.2. The zero-order valence-electron chi connectivity index (χ0n) is 36.0. The maximum atomic E-state index is 12.2. The van der Waals surface area contributed by atoms with Crippen LogP contribution in [0.25, 0.3) is 43.6 Å². The fourth-order valence-corrected chi connectivity index (χ4v) is 7.11. The van der Waals surface area contributed by atoms with Gasteiger partial charge >= 0.3 is 0 Å². The number of carbonyl (C=O) groups excluding carboxylic acids is 1. The molecule has 6 rings (SSSR count). The number of ketones is 1. The Morgan fingerprint density at radius 1 is 0.811 bits per heavy atom. The van der Waals surface area contributed by atoms with Gasteiger partial charge in [-0.2, -0.15) is 0 Å². The van der Waals surface area contributed by atoms with Gasteiger partial charge in [-0.05, 0) is 83.2 Å². The van der Waals surface area contributed by atoms with Crippen molar-refractivity contribution in [2.75, 3.05) is 0 Å². The van der Waals surface area contributed by atoms with Crippen molar-refractivity contribution in [3.63, 3.8) is 0 Å². The van der Waals surface area contributed by atoms with Crippen LogP contribution >= 0.6 is 0 Å². The molecule has 0 amide bonds. The Balaban J connectivity index is 0.000000320. The molecule has 1 radical (unpaired) electrons. The molecule has 0 bridgehead atoms. The minimum atomic E-state index is -0.337. The predicted molar refractivity (Wildman–Crippen MR) is 221 cm³/mol. The molecular weight excluding hydrogens is 831 g/mol. The number of pyridine rings is 1. The van der Waals surface area contributed by atoms with Crippen molar-refractivity contribution in [1.29, 1.82) is 0 Å². The van der Waals surface area contributed by atoms with E-state index in [0.29, 0.717) is 11.4 Å². The van der Waals surface area contributed by atoms with Gasteiger partial charge in [0.05, 0.1) is 8.49 Å². The van der Waals surface area contributed by atoms with Crippen LogP contribution in [0.4, 0.5) is 0 Å². The summed E-state index contributed by atoms with van der Waals surface area (Å²) in [5.41, 5.74) is 3.39. The second kappa shape index (κ2) is 16.1. The van der Waals surface area contributed by atoms with Gasteiger partial charge in [0.2, 0.25) is 0 Å². The molecule has 0 fully saturated rings.